The number of morpholine rings is 1. The number of hydrogen-bond donors (Lipinski definition) is 0. The first kappa shape index (κ1) is 22.5. The van der Waals surface area contributed by atoms with Crippen LogP contribution in [-0.2, 0) is 4.74 Å². The van der Waals surface area contributed by atoms with Crippen LogP contribution in [0.4, 0.5) is 15.9 Å². The Hall–Kier alpha value is -3.26. The molecule has 0 N–H and O–H groups in total. The van der Waals surface area contributed by atoms with E-state index in [1.165, 1.54) is 6.07 Å². The summed E-state index contributed by atoms with van der Waals surface area (Å²) in [5.74, 6) is 0.477. The minimum atomic E-state index is -0.256. The van der Waals surface area contributed by atoms with E-state index < -0.39 is 0 Å². The fraction of sp³-hybridized carbons (Fsp3) is 0.423. The minimum absolute atomic E-state index is 0.0209. The third-order valence-corrected chi connectivity index (χ3v) is 6.63. The van der Waals surface area contributed by atoms with E-state index in [0.717, 1.165) is 55.1 Å². The maximum atomic E-state index is 14.0. The molecule has 8 heteroatoms. The van der Waals surface area contributed by atoms with Gasteiger partial charge in [-0.05, 0) is 50.1 Å². The zero-order valence-electron chi connectivity index (χ0n) is 19.9. The normalized spacial score (nSPS) is 20.7. The molecule has 0 bridgehead atoms. The van der Waals surface area contributed by atoms with Crippen molar-refractivity contribution >= 4 is 28.4 Å². The van der Waals surface area contributed by atoms with E-state index >= 15 is 0 Å². The lowest BCUT2D eigenvalue weighted by molar-refractivity contribution is 0.0529. The molecule has 178 valence electrons. The first-order valence-electron chi connectivity index (χ1n) is 11.8. The summed E-state index contributed by atoms with van der Waals surface area (Å²) in [6.07, 6.45) is 3.78. The number of nitrogens with zero attached hydrogens (tertiary/aromatic N) is 5. The minimum Gasteiger partial charge on any atom is -0.375 e. The molecule has 34 heavy (non-hydrogen) atoms. The summed E-state index contributed by atoms with van der Waals surface area (Å²) in [6, 6.07) is 10.5. The van der Waals surface area contributed by atoms with Gasteiger partial charge < -0.3 is 19.4 Å². The van der Waals surface area contributed by atoms with Crippen LogP contribution in [0.25, 0.3) is 11.0 Å². The molecule has 0 aliphatic carbocycles. The summed E-state index contributed by atoms with van der Waals surface area (Å²) in [5, 5.41) is 0. The molecular weight excluding hydrogens is 433 g/mol. The number of fused-ring (bicyclic) bond motifs is 1. The molecule has 2 unspecified atom stereocenters. The molecule has 2 saturated heterocycles. The van der Waals surface area contributed by atoms with Crippen LogP contribution in [-0.4, -0.2) is 67.2 Å². The van der Waals surface area contributed by atoms with E-state index in [1.54, 1.807) is 37.3 Å². The average Bonchev–Trinajstić information content (AvgIpc) is 3.32. The van der Waals surface area contributed by atoms with Crippen LogP contribution in [0.2, 0.25) is 0 Å². The van der Waals surface area contributed by atoms with Crippen molar-refractivity contribution in [1.29, 1.82) is 0 Å². The van der Waals surface area contributed by atoms with Gasteiger partial charge in [0.15, 0.2) is 0 Å². The number of carbonyl (C=O) groups is 1. The van der Waals surface area contributed by atoms with Gasteiger partial charge in [0, 0.05) is 50.5 Å². The number of amides is 1. The number of anilines is 2. The Morgan fingerprint density at radius 3 is 2.82 bits per heavy atom. The Kier molecular flexibility index (Phi) is 6.08. The molecule has 2 aliphatic heterocycles. The predicted octanol–water partition coefficient (Wildman–Crippen LogP) is 4.04. The highest BCUT2D eigenvalue weighted by atomic mass is 19.1. The van der Waals surface area contributed by atoms with Gasteiger partial charge in [-0.15, -0.1) is 0 Å². The number of hydrogen-bond acceptors (Lipinski definition) is 6. The lowest BCUT2D eigenvalue weighted by Crippen LogP contribution is -2.41. The molecular formula is C26H30FN5O2. The summed E-state index contributed by atoms with van der Waals surface area (Å²) in [7, 11) is 3.49. The molecule has 7 nitrogen and oxygen atoms in total. The molecule has 1 amide bonds. The van der Waals surface area contributed by atoms with Gasteiger partial charge in [0.2, 0.25) is 0 Å². The summed E-state index contributed by atoms with van der Waals surface area (Å²) >= 11 is 0. The molecule has 1 aromatic heterocycles. The van der Waals surface area contributed by atoms with Crippen molar-refractivity contribution in [2.75, 3.05) is 50.1 Å². The van der Waals surface area contributed by atoms with Crippen LogP contribution in [0.15, 0.2) is 42.6 Å². The van der Waals surface area contributed by atoms with E-state index in [9.17, 15) is 9.18 Å². The second-order valence-electron chi connectivity index (χ2n) is 9.32. The van der Waals surface area contributed by atoms with Crippen LogP contribution in [0.5, 0.6) is 0 Å². The first-order chi connectivity index (χ1) is 16.4. The van der Waals surface area contributed by atoms with E-state index in [4.69, 9.17) is 14.7 Å². The van der Waals surface area contributed by atoms with Gasteiger partial charge in [-0.3, -0.25) is 9.78 Å². The highest BCUT2D eigenvalue weighted by molar-refractivity contribution is 5.98. The number of rotatable bonds is 4. The molecule has 3 aromatic rings. The monoisotopic (exact) mass is 463 g/mol. The second-order valence-corrected chi connectivity index (χ2v) is 9.32. The van der Waals surface area contributed by atoms with Gasteiger partial charge in [0.1, 0.15) is 11.6 Å². The van der Waals surface area contributed by atoms with E-state index in [0.29, 0.717) is 17.7 Å². The van der Waals surface area contributed by atoms with Crippen LogP contribution in [0, 0.1) is 5.82 Å². The number of halogens is 1. The van der Waals surface area contributed by atoms with Crippen LogP contribution in [0.3, 0.4) is 0 Å². The largest absolute Gasteiger partial charge is 0.375 e. The quantitative estimate of drug-likeness (QED) is 0.582. The lowest BCUT2D eigenvalue weighted by Gasteiger charge is -2.32. The second kappa shape index (κ2) is 9.18. The molecule has 5 rings (SSSR count). The first-order valence-corrected chi connectivity index (χ1v) is 11.8. The average molecular weight is 464 g/mol. The van der Waals surface area contributed by atoms with Crippen molar-refractivity contribution in [1.82, 2.24) is 14.9 Å². The van der Waals surface area contributed by atoms with E-state index in [-0.39, 0.29) is 23.9 Å². The zero-order chi connectivity index (χ0) is 23.8. The van der Waals surface area contributed by atoms with E-state index in [1.807, 2.05) is 18.2 Å². The molecule has 0 spiro atoms. The van der Waals surface area contributed by atoms with Gasteiger partial charge in [-0.1, -0.05) is 6.07 Å². The topological polar surface area (TPSA) is 61.8 Å². The van der Waals surface area contributed by atoms with Crippen LogP contribution in [0.1, 0.15) is 41.7 Å². The fourth-order valence-electron chi connectivity index (χ4n) is 5.00. The standard InChI is InChI=1S/C26H30FN5O2/c1-17-16-31(10-11-34-17)24-15-28-22-13-18(26(33)30(2)3)12-21(25(22)29-24)23-8-5-9-32(23)20-7-4-6-19(27)14-20/h4,6-7,12-15,17,23H,5,8-11,16H2,1-3H3. The van der Waals surface area contributed by atoms with E-state index in [2.05, 4.69) is 16.7 Å². The van der Waals surface area contributed by atoms with Crippen molar-refractivity contribution in [3.05, 3.63) is 59.5 Å². The van der Waals surface area contributed by atoms with Crippen molar-refractivity contribution in [2.24, 2.45) is 0 Å². The molecule has 2 aliphatic rings. The lowest BCUT2D eigenvalue weighted by atomic mass is 9.98. The smallest absolute Gasteiger partial charge is 0.253 e. The number of aromatic nitrogens is 2. The molecule has 2 fully saturated rings. The molecule has 2 atom stereocenters. The van der Waals surface area contributed by atoms with Gasteiger partial charge in [0.05, 0.1) is 36.0 Å². The van der Waals surface area contributed by atoms with Crippen molar-refractivity contribution in [2.45, 2.75) is 31.9 Å². The molecule has 2 aromatic carbocycles. The third-order valence-electron chi connectivity index (χ3n) is 6.63. The SMILES string of the molecule is CC1CN(c2cnc3cc(C(=O)N(C)C)cc(C4CCCN4c4cccc(F)c4)c3n2)CCO1. The van der Waals surface area contributed by atoms with Crippen molar-refractivity contribution in [3.8, 4) is 0 Å². The summed E-state index contributed by atoms with van der Waals surface area (Å²) in [5.41, 5.74) is 3.87. The summed E-state index contributed by atoms with van der Waals surface area (Å²) < 4.78 is 19.7. The molecule has 3 heterocycles. The van der Waals surface area contributed by atoms with Gasteiger partial charge in [0.25, 0.3) is 5.91 Å². The van der Waals surface area contributed by atoms with Crippen LogP contribution < -0.4 is 9.80 Å². The van der Waals surface area contributed by atoms with Gasteiger partial charge in [-0.2, -0.15) is 0 Å². The Morgan fingerprint density at radius 2 is 2.06 bits per heavy atom. The van der Waals surface area contributed by atoms with Gasteiger partial charge >= 0.3 is 0 Å². The summed E-state index contributed by atoms with van der Waals surface area (Å²) in [6.45, 7) is 5.04. The Morgan fingerprint density at radius 1 is 1.21 bits per heavy atom. The zero-order valence-corrected chi connectivity index (χ0v) is 19.9. The Bertz CT molecular complexity index is 1220. The maximum absolute atomic E-state index is 14.0. The molecule has 0 radical (unpaired) electrons. The maximum Gasteiger partial charge on any atom is 0.253 e. The van der Waals surface area contributed by atoms with Crippen molar-refractivity contribution < 1.29 is 13.9 Å². The summed E-state index contributed by atoms with van der Waals surface area (Å²) in [4.78, 5) is 28.7. The number of ether oxygens (including phenoxy) is 1. The number of carbonyl (C=O) groups excluding carboxylic acids is 1. The highest BCUT2D eigenvalue weighted by Crippen LogP contribution is 2.39. The fourth-order valence-corrected chi connectivity index (χ4v) is 5.00. The number of benzene rings is 2. The van der Waals surface area contributed by atoms with Gasteiger partial charge in [-0.25, -0.2) is 9.37 Å². The predicted molar refractivity (Wildman–Crippen MR) is 131 cm³/mol. The van der Waals surface area contributed by atoms with Crippen molar-refractivity contribution in [3.63, 3.8) is 0 Å². The third kappa shape index (κ3) is 4.30. The van der Waals surface area contributed by atoms with Crippen LogP contribution >= 0.6 is 0 Å². The Labute approximate surface area is 199 Å². The Balaban J connectivity index is 1.63. The highest BCUT2D eigenvalue weighted by Gasteiger charge is 2.30. The molecule has 0 saturated carbocycles.